The molecule has 0 aliphatic carbocycles. The average molecular weight is 237 g/mol. The van der Waals surface area contributed by atoms with Crippen LogP contribution >= 0.6 is 9.24 Å². The first-order chi connectivity index (χ1) is 8.34. The van der Waals surface area contributed by atoms with E-state index in [1.807, 2.05) is 18.2 Å². The monoisotopic (exact) mass is 237 g/mol. The minimum atomic E-state index is 1.02. The number of hydrogen-bond donors (Lipinski definition) is 0. The number of para-hydroxylation sites is 1. The van der Waals surface area contributed by atoms with Gasteiger partial charge in [-0.25, -0.2) is 4.98 Å². The Morgan fingerprint density at radius 2 is 1.59 bits per heavy atom. The maximum Gasteiger partial charge on any atom is 0.0780 e. The van der Waals surface area contributed by atoms with E-state index in [-0.39, 0.29) is 0 Å². The summed E-state index contributed by atoms with van der Waals surface area (Å²) in [5.74, 6) is 0. The predicted octanol–water partition coefficient (Wildman–Crippen LogP) is 3.40. The van der Waals surface area contributed by atoms with Crippen LogP contribution in [0.4, 0.5) is 0 Å². The molecule has 0 bridgehead atoms. The van der Waals surface area contributed by atoms with Crippen molar-refractivity contribution in [2.24, 2.45) is 0 Å². The molecule has 1 nitrogen and oxygen atoms in total. The molecular formula is C15H12NP. The smallest absolute Gasteiger partial charge is 0.0780 e. The van der Waals surface area contributed by atoms with Crippen LogP contribution in [-0.4, -0.2) is 4.98 Å². The van der Waals surface area contributed by atoms with Gasteiger partial charge in [0.25, 0.3) is 0 Å². The third-order valence-electron chi connectivity index (χ3n) is 2.82. The Bertz CT molecular complexity index is 662. The molecule has 0 fully saturated rings. The SMILES string of the molecule is Pc1cccc2ccc(-c3ccccc3)nc12. The predicted molar refractivity (Wildman–Crippen MR) is 76.5 cm³/mol. The summed E-state index contributed by atoms with van der Waals surface area (Å²) in [6.07, 6.45) is 0. The topological polar surface area (TPSA) is 12.9 Å². The number of fused-ring (bicyclic) bond motifs is 1. The van der Waals surface area contributed by atoms with Crippen LogP contribution in [0, 0.1) is 0 Å². The van der Waals surface area contributed by atoms with Crippen LogP contribution < -0.4 is 5.30 Å². The van der Waals surface area contributed by atoms with Gasteiger partial charge in [0, 0.05) is 10.9 Å². The van der Waals surface area contributed by atoms with Crippen LogP contribution in [0.5, 0.6) is 0 Å². The summed E-state index contributed by atoms with van der Waals surface area (Å²) >= 11 is 0. The molecule has 0 saturated carbocycles. The second-order valence-electron chi connectivity index (χ2n) is 3.98. The number of nitrogens with zero attached hydrogens (tertiary/aromatic N) is 1. The minimum Gasteiger partial charge on any atom is -0.247 e. The minimum absolute atomic E-state index is 1.02. The highest BCUT2D eigenvalue weighted by Crippen LogP contribution is 2.20. The second kappa shape index (κ2) is 4.27. The Morgan fingerprint density at radius 1 is 0.765 bits per heavy atom. The molecule has 0 spiro atoms. The van der Waals surface area contributed by atoms with Gasteiger partial charge in [-0.15, -0.1) is 9.24 Å². The van der Waals surface area contributed by atoms with E-state index in [9.17, 15) is 0 Å². The fourth-order valence-electron chi connectivity index (χ4n) is 1.94. The number of benzene rings is 2. The van der Waals surface area contributed by atoms with Gasteiger partial charge in [-0.05, 0) is 11.4 Å². The highest BCUT2D eigenvalue weighted by Gasteiger charge is 2.02. The molecule has 17 heavy (non-hydrogen) atoms. The highest BCUT2D eigenvalue weighted by molar-refractivity contribution is 7.28. The first kappa shape index (κ1) is 10.4. The van der Waals surface area contributed by atoms with Crippen LogP contribution in [0.3, 0.4) is 0 Å². The molecule has 3 rings (SSSR count). The molecule has 0 saturated heterocycles. The van der Waals surface area contributed by atoms with Crippen molar-refractivity contribution in [2.75, 3.05) is 0 Å². The largest absolute Gasteiger partial charge is 0.247 e. The number of pyridine rings is 1. The lowest BCUT2D eigenvalue weighted by Gasteiger charge is -2.05. The lowest BCUT2D eigenvalue weighted by atomic mass is 10.1. The van der Waals surface area contributed by atoms with Crippen molar-refractivity contribution in [3.05, 3.63) is 60.7 Å². The van der Waals surface area contributed by atoms with Crippen molar-refractivity contribution < 1.29 is 0 Å². The first-order valence-corrected chi connectivity index (χ1v) is 6.13. The Morgan fingerprint density at radius 3 is 2.41 bits per heavy atom. The molecule has 82 valence electrons. The molecule has 0 aliphatic rings. The van der Waals surface area contributed by atoms with E-state index >= 15 is 0 Å². The number of hydrogen-bond acceptors (Lipinski definition) is 1. The van der Waals surface area contributed by atoms with Crippen molar-refractivity contribution >= 4 is 25.4 Å². The van der Waals surface area contributed by atoms with Crippen LogP contribution in [-0.2, 0) is 0 Å². The fraction of sp³-hybridized carbons (Fsp3) is 0. The molecule has 1 aromatic heterocycles. The summed E-state index contributed by atoms with van der Waals surface area (Å²) in [5, 5.41) is 2.32. The molecule has 2 heteroatoms. The Hall–Kier alpha value is -1.72. The zero-order valence-electron chi connectivity index (χ0n) is 9.30. The summed E-state index contributed by atoms with van der Waals surface area (Å²) in [5.41, 5.74) is 3.23. The first-order valence-electron chi connectivity index (χ1n) is 5.55. The normalized spacial score (nSPS) is 10.6. The van der Waals surface area contributed by atoms with E-state index in [2.05, 4.69) is 51.7 Å². The lowest BCUT2D eigenvalue weighted by molar-refractivity contribution is 1.41. The van der Waals surface area contributed by atoms with Crippen molar-refractivity contribution in [3.63, 3.8) is 0 Å². The van der Waals surface area contributed by atoms with Crippen LogP contribution in [0.15, 0.2) is 60.7 Å². The molecule has 1 atom stereocenters. The summed E-state index contributed by atoms with van der Waals surface area (Å²) < 4.78 is 0. The lowest BCUT2D eigenvalue weighted by Crippen LogP contribution is -1.96. The zero-order valence-corrected chi connectivity index (χ0v) is 10.5. The zero-order chi connectivity index (χ0) is 11.7. The van der Waals surface area contributed by atoms with E-state index in [1.165, 1.54) is 5.39 Å². The van der Waals surface area contributed by atoms with Crippen LogP contribution in [0.25, 0.3) is 22.2 Å². The van der Waals surface area contributed by atoms with Gasteiger partial charge in [-0.3, -0.25) is 0 Å². The Balaban J connectivity index is 2.23. The Labute approximate surface area is 103 Å². The van der Waals surface area contributed by atoms with Gasteiger partial charge in [0.1, 0.15) is 0 Å². The van der Waals surface area contributed by atoms with Crippen LogP contribution in [0.1, 0.15) is 0 Å². The van der Waals surface area contributed by atoms with E-state index in [0.717, 1.165) is 22.1 Å². The molecule has 0 N–H and O–H groups in total. The molecular weight excluding hydrogens is 225 g/mol. The maximum atomic E-state index is 4.72. The quantitative estimate of drug-likeness (QED) is 0.591. The summed E-state index contributed by atoms with van der Waals surface area (Å²) in [7, 11) is 2.74. The standard InChI is InChI=1S/C15H12NP/c17-14-8-4-7-12-9-10-13(16-15(12)14)11-5-2-1-3-6-11/h1-10H,17H2. The van der Waals surface area contributed by atoms with Gasteiger partial charge in [0.2, 0.25) is 0 Å². The van der Waals surface area contributed by atoms with E-state index < -0.39 is 0 Å². The van der Waals surface area contributed by atoms with Gasteiger partial charge < -0.3 is 0 Å². The highest BCUT2D eigenvalue weighted by atomic mass is 31.0. The second-order valence-corrected chi connectivity index (χ2v) is 4.60. The van der Waals surface area contributed by atoms with Crippen molar-refractivity contribution in [1.82, 2.24) is 4.98 Å². The van der Waals surface area contributed by atoms with Crippen LogP contribution in [0.2, 0.25) is 0 Å². The van der Waals surface area contributed by atoms with Crippen molar-refractivity contribution in [3.8, 4) is 11.3 Å². The summed E-state index contributed by atoms with van der Waals surface area (Å²) in [4.78, 5) is 4.72. The molecule has 2 aromatic carbocycles. The van der Waals surface area contributed by atoms with Gasteiger partial charge >= 0.3 is 0 Å². The average Bonchev–Trinajstić information content (AvgIpc) is 2.40. The Kier molecular flexibility index (Phi) is 2.62. The fourth-order valence-corrected chi connectivity index (χ4v) is 2.28. The van der Waals surface area contributed by atoms with E-state index in [4.69, 9.17) is 4.98 Å². The molecule has 3 aromatic rings. The summed E-state index contributed by atoms with van der Waals surface area (Å²) in [6.45, 7) is 0. The number of rotatable bonds is 1. The molecule has 0 aliphatic heterocycles. The van der Waals surface area contributed by atoms with Crippen molar-refractivity contribution in [1.29, 1.82) is 0 Å². The molecule has 0 radical (unpaired) electrons. The van der Waals surface area contributed by atoms with Crippen molar-refractivity contribution in [2.45, 2.75) is 0 Å². The van der Waals surface area contributed by atoms with Gasteiger partial charge in [0.05, 0.1) is 11.2 Å². The molecule has 1 unspecified atom stereocenters. The molecule has 1 heterocycles. The van der Waals surface area contributed by atoms with Gasteiger partial charge in [-0.1, -0.05) is 54.6 Å². The van der Waals surface area contributed by atoms with E-state index in [0.29, 0.717) is 0 Å². The third-order valence-corrected chi connectivity index (χ3v) is 3.29. The van der Waals surface area contributed by atoms with Gasteiger partial charge in [0.15, 0.2) is 0 Å². The van der Waals surface area contributed by atoms with Gasteiger partial charge in [-0.2, -0.15) is 0 Å². The summed E-state index contributed by atoms with van der Waals surface area (Å²) in [6, 6.07) is 20.7. The third kappa shape index (κ3) is 1.94. The van der Waals surface area contributed by atoms with E-state index in [1.54, 1.807) is 0 Å². The number of aromatic nitrogens is 1. The molecule has 0 amide bonds. The maximum absolute atomic E-state index is 4.72.